The third-order valence-corrected chi connectivity index (χ3v) is 4.97. The normalized spacial score (nSPS) is 12.9. The van der Waals surface area contributed by atoms with Crippen LogP contribution in [0.4, 0.5) is 4.39 Å². The molecule has 0 bridgehead atoms. The fourth-order valence-corrected chi connectivity index (χ4v) is 3.44. The summed E-state index contributed by atoms with van der Waals surface area (Å²) >= 11 is 12.7. The molecule has 4 nitrogen and oxygen atoms in total. The van der Waals surface area contributed by atoms with Gasteiger partial charge in [-0.05, 0) is 0 Å². The van der Waals surface area contributed by atoms with Crippen LogP contribution in [0.25, 0.3) is 5.69 Å². The van der Waals surface area contributed by atoms with Gasteiger partial charge in [-0.2, -0.15) is 0 Å². The van der Waals surface area contributed by atoms with Crippen LogP contribution in [-0.4, -0.2) is 27.3 Å². The average molecular weight is 374 g/mol. The molecule has 0 saturated carbocycles. The maximum absolute atomic E-state index is 14.5. The monoisotopic (exact) mass is 373 g/mol. The minimum absolute atomic E-state index is 0.0551. The number of aromatic hydroxyl groups is 1. The van der Waals surface area contributed by atoms with Crippen molar-refractivity contribution in [3.8, 4) is 11.4 Å². The maximum atomic E-state index is 14.5. The van der Waals surface area contributed by atoms with Crippen molar-refractivity contribution in [2.45, 2.75) is 13.5 Å². The Morgan fingerprint density at radius 3 is 2.84 bits per heavy atom. The van der Waals surface area contributed by atoms with E-state index in [0.29, 0.717) is 22.8 Å². The van der Waals surface area contributed by atoms with Gasteiger partial charge < -0.3 is 0 Å². The predicted molar refractivity (Wildman–Crippen MR) is 97.1 cm³/mol. The standard InChI is InChI=1S/C17H11BCl2FN3O/c1-8-23-18-14-7-22-17(10-6-9(25)2-4-12(10)21)15-13(24(8)14)5-3-11(19)16(15)20/h2-6,25H,7H2,1H3. The molecule has 0 atom stereocenters. The second-order valence-electron chi connectivity index (χ2n) is 5.72. The van der Waals surface area contributed by atoms with Gasteiger partial charge in [-0.1, -0.05) is 0 Å². The first-order valence-corrected chi connectivity index (χ1v) is 8.28. The molecule has 1 aliphatic heterocycles. The van der Waals surface area contributed by atoms with E-state index in [-0.39, 0.29) is 16.3 Å². The van der Waals surface area contributed by atoms with Crippen molar-refractivity contribution in [2.75, 3.05) is 0 Å². The topological polar surface area (TPSA) is 50.4 Å². The number of fused-ring (bicyclic) bond motifs is 3. The van der Waals surface area contributed by atoms with Gasteiger partial charge in [-0.3, -0.25) is 0 Å². The van der Waals surface area contributed by atoms with Gasteiger partial charge in [0.1, 0.15) is 0 Å². The van der Waals surface area contributed by atoms with Gasteiger partial charge in [0.15, 0.2) is 0 Å². The van der Waals surface area contributed by atoms with E-state index in [1.807, 2.05) is 17.6 Å². The minimum atomic E-state index is -0.500. The molecule has 1 aliphatic rings. The number of nitrogens with zero attached hydrogens (tertiary/aromatic N) is 3. The second kappa shape index (κ2) is 5.97. The Hall–Kier alpha value is -2.18. The van der Waals surface area contributed by atoms with Gasteiger partial charge in [0.05, 0.1) is 0 Å². The molecule has 0 saturated heterocycles. The third-order valence-electron chi connectivity index (χ3n) is 4.17. The molecule has 8 heteroatoms. The Kier molecular flexibility index (Phi) is 3.89. The van der Waals surface area contributed by atoms with Crippen LogP contribution in [0.5, 0.6) is 5.75 Å². The summed E-state index contributed by atoms with van der Waals surface area (Å²) in [4.78, 5) is 8.88. The fourth-order valence-electron chi connectivity index (χ4n) is 3.04. The number of halogens is 3. The summed E-state index contributed by atoms with van der Waals surface area (Å²) < 4.78 is 16.4. The van der Waals surface area contributed by atoms with Crippen LogP contribution in [0.3, 0.4) is 0 Å². The van der Waals surface area contributed by atoms with Crippen molar-refractivity contribution in [2.24, 2.45) is 4.99 Å². The average Bonchev–Trinajstić information content (AvgIpc) is 2.86. The van der Waals surface area contributed by atoms with Gasteiger partial charge in [0.25, 0.3) is 0 Å². The van der Waals surface area contributed by atoms with Crippen LogP contribution in [0.15, 0.2) is 35.3 Å². The molecule has 1 N–H and O–H groups in total. The first-order chi connectivity index (χ1) is 12.0. The van der Waals surface area contributed by atoms with Gasteiger partial charge in [-0.25, -0.2) is 0 Å². The number of benzene rings is 2. The second-order valence-corrected chi connectivity index (χ2v) is 6.50. The van der Waals surface area contributed by atoms with E-state index < -0.39 is 5.82 Å². The Morgan fingerprint density at radius 2 is 2.04 bits per heavy atom. The summed E-state index contributed by atoms with van der Waals surface area (Å²) in [6.07, 6.45) is 0. The number of rotatable bonds is 1. The molecular formula is C17H11BCl2FN3O. The van der Waals surface area contributed by atoms with Crippen LogP contribution in [0.1, 0.15) is 22.5 Å². The van der Waals surface area contributed by atoms with E-state index in [1.165, 1.54) is 18.2 Å². The molecule has 0 aliphatic carbocycles. The van der Waals surface area contributed by atoms with Crippen LogP contribution < -0.4 is 0 Å². The van der Waals surface area contributed by atoms with Crippen molar-refractivity contribution in [1.82, 2.24) is 9.46 Å². The quantitative estimate of drug-likeness (QED) is 0.700. The van der Waals surface area contributed by atoms with Gasteiger partial charge in [0, 0.05) is 0 Å². The van der Waals surface area contributed by atoms with Gasteiger partial charge >= 0.3 is 154 Å². The molecule has 124 valence electrons. The molecule has 25 heavy (non-hydrogen) atoms. The van der Waals surface area contributed by atoms with Crippen molar-refractivity contribution in [3.63, 3.8) is 0 Å². The van der Waals surface area contributed by atoms with Gasteiger partial charge in [-0.15, -0.1) is 0 Å². The van der Waals surface area contributed by atoms with E-state index in [1.54, 1.807) is 13.1 Å². The van der Waals surface area contributed by atoms with E-state index in [0.717, 1.165) is 17.1 Å². The van der Waals surface area contributed by atoms with Crippen molar-refractivity contribution >= 4 is 36.0 Å². The summed E-state index contributed by atoms with van der Waals surface area (Å²) in [5.74, 6) is 0.211. The molecule has 3 aromatic rings. The Bertz CT molecular complexity index is 1050. The molecule has 2 aromatic carbocycles. The number of hydrogen-bond donors (Lipinski definition) is 1. The third kappa shape index (κ3) is 2.57. The zero-order valence-electron chi connectivity index (χ0n) is 13.1. The first kappa shape index (κ1) is 16.3. The molecule has 0 fully saturated rings. The first-order valence-electron chi connectivity index (χ1n) is 7.52. The zero-order chi connectivity index (χ0) is 17.7. The van der Waals surface area contributed by atoms with Crippen LogP contribution in [0, 0.1) is 12.7 Å². The van der Waals surface area contributed by atoms with Crippen LogP contribution >= 0.6 is 23.2 Å². The molecular weight excluding hydrogens is 363 g/mol. The number of phenols is 1. The number of hydrogen-bond acceptors (Lipinski definition) is 3. The molecule has 0 radical (unpaired) electrons. The van der Waals surface area contributed by atoms with Gasteiger partial charge in [0.2, 0.25) is 0 Å². The fraction of sp³-hybridized carbons (Fsp3) is 0.118. The summed E-state index contributed by atoms with van der Waals surface area (Å²) in [5, 5.41) is 10.4. The molecule has 1 aromatic heterocycles. The molecule has 4 rings (SSSR count). The summed E-state index contributed by atoms with van der Waals surface area (Å²) in [5.41, 5.74) is 2.60. The number of aryl methyl sites for hydroxylation is 1. The Balaban J connectivity index is 2.08. The number of aliphatic imine (C=N–C) groups is 1. The van der Waals surface area contributed by atoms with E-state index in [9.17, 15) is 9.50 Å². The summed E-state index contributed by atoms with van der Waals surface area (Å²) in [7, 11) is 1.73. The summed E-state index contributed by atoms with van der Waals surface area (Å²) in [6, 6.07) is 7.31. The number of aromatic nitrogens is 2. The van der Waals surface area contributed by atoms with E-state index >= 15 is 0 Å². The predicted octanol–water partition coefficient (Wildman–Crippen LogP) is 4.02. The van der Waals surface area contributed by atoms with Crippen molar-refractivity contribution in [3.05, 3.63) is 68.7 Å². The van der Waals surface area contributed by atoms with E-state index in [2.05, 4.69) is 9.88 Å². The Labute approximate surface area is 153 Å². The van der Waals surface area contributed by atoms with Crippen molar-refractivity contribution < 1.29 is 9.50 Å². The zero-order valence-corrected chi connectivity index (χ0v) is 14.6. The summed E-state index contributed by atoms with van der Waals surface area (Å²) in [6.45, 7) is 2.17. The molecule has 2 heterocycles. The molecule has 0 unspecified atom stereocenters. The SMILES string of the molecule is Cc1nbc2n1-c1ccc(Cl)c(Cl)c1C(c1cc(O)ccc1F)=NC2. The van der Waals surface area contributed by atoms with Crippen LogP contribution in [-0.2, 0) is 6.54 Å². The van der Waals surface area contributed by atoms with Crippen molar-refractivity contribution in [1.29, 1.82) is 0 Å². The number of phenolic OH excluding ortho intramolecular Hbond substituents is 1. The van der Waals surface area contributed by atoms with Crippen LogP contribution in [0.2, 0.25) is 10.0 Å². The molecule has 0 spiro atoms. The molecule has 0 amide bonds. The Morgan fingerprint density at radius 1 is 1.24 bits per heavy atom. The van der Waals surface area contributed by atoms with E-state index in [4.69, 9.17) is 23.2 Å².